The van der Waals surface area contributed by atoms with Gasteiger partial charge in [-0.3, -0.25) is 19.7 Å². The smallest absolute Gasteiger partial charge is 0.269 e. The second kappa shape index (κ2) is 9.73. The van der Waals surface area contributed by atoms with Gasteiger partial charge in [0.05, 0.1) is 4.92 Å². The number of nitro groups is 1. The number of benzene rings is 3. The Kier molecular flexibility index (Phi) is 6.84. The lowest BCUT2D eigenvalue weighted by Crippen LogP contribution is -2.30. The minimum atomic E-state index is -0.870. The molecule has 1 unspecified atom stereocenters. The number of nitrogens with one attached hydrogen (secondary N) is 2. The highest BCUT2D eigenvalue weighted by Crippen LogP contribution is 2.20. The predicted octanol–water partition coefficient (Wildman–Crippen LogP) is 4.91. The fraction of sp³-hybridized carbons (Fsp3) is 0.0909. The van der Waals surface area contributed by atoms with Gasteiger partial charge in [0, 0.05) is 34.1 Å². The maximum absolute atomic E-state index is 12.5. The summed E-state index contributed by atoms with van der Waals surface area (Å²) >= 11 is 5.93. The summed E-state index contributed by atoms with van der Waals surface area (Å²) in [6.45, 7) is 1.55. The van der Waals surface area contributed by atoms with Crippen molar-refractivity contribution in [2.24, 2.45) is 0 Å². The van der Waals surface area contributed by atoms with Gasteiger partial charge in [0.15, 0.2) is 6.10 Å². The lowest BCUT2D eigenvalue weighted by Gasteiger charge is -2.15. The summed E-state index contributed by atoms with van der Waals surface area (Å²) in [5.74, 6) is -0.470. The Morgan fingerprint density at radius 3 is 2.26 bits per heavy atom. The van der Waals surface area contributed by atoms with E-state index in [2.05, 4.69) is 10.6 Å². The summed E-state index contributed by atoms with van der Waals surface area (Å²) < 4.78 is 5.52. The SMILES string of the molecule is CC(Oc1ccc([N+](=O)[O-])cc1)C(=O)Nc1cccc(C(=O)Nc2cccc(Cl)c2)c1. The fourth-order valence-corrected chi connectivity index (χ4v) is 2.85. The highest BCUT2D eigenvalue weighted by molar-refractivity contribution is 6.31. The molecule has 1 atom stereocenters. The molecule has 2 amide bonds. The third kappa shape index (κ3) is 6.03. The maximum Gasteiger partial charge on any atom is 0.269 e. The number of anilines is 2. The summed E-state index contributed by atoms with van der Waals surface area (Å²) in [6.07, 6.45) is -0.870. The molecule has 0 aliphatic rings. The molecule has 0 saturated carbocycles. The van der Waals surface area contributed by atoms with E-state index in [0.29, 0.717) is 27.7 Å². The molecule has 8 nitrogen and oxygen atoms in total. The van der Waals surface area contributed by atoms with Gasteiger partial charge in [-0.1, -0.05) is 23.7 Å². The molecule has 2 N–H and O–H groups in total. The van der Waals surface area contributed by atoms with Crippen molar-refractivity contribution in [3.05, 3.63) is 93.5 Å². The van der Waals surface area contributed by atoms with Crippen LogP contribution in [0.4, 0.5) is 17.1 Å². The van der Waals surface area contributed by atoms with Crippen LogP contribution in [-0.4, -0.2) is 22.8 Å². The van der Waals surface area contributed by atoms with Crippen molar-refractivity contribution in [1.82, 2.24) is 0 Å². The molecule has 158 valence electrons. The van der Waals surface area contributed by atoms with E-state index in [0.717, 1.165) is 0 Å². The lowest BCUT2D eigenvalue weighted by molar-refractivity contribution is -0.384. The Bertz CT molecular complexity index is 1120. The molecule has 0 bridgehead atoms. The molecule has 31 heavy (non-hydrogen) atoms. The van der Waals surface area contributed by atoms with Crippen molar-refractivity contribution < 1.29 is 19.2 Å². The first-order valence-corrected chi connectivity index (χ1v) is 9.58. The van der Waals surface area contributed by atoms with Crippen LogP contribution in [0.15, 0.2) is 72.8 Å². The average molecular weight is 440 g/mol. The topological polar surface area (TPSA) is 111 Å². The molecule has 0 aromatic heterocycles. The monoisotopic (exact) mass is 439 g/mol. The molecule has 3 aromatic carbocycles. The molecule has 9 heteroatoms. The van der Waals surface area contributed by atoms with Crippen LogP contribution in [0.5, 0.6) is 5.75 Å². The molecular formula is C22H18ClN3O5. The number of amides is 2. The third-order valence-corrected chi connectivity index (χ3v) is 4.44. The van der Waals surface area contributed by atoms with Crippen LogP contribution in [-0.2, 0) is 4.79 Å². The Balaban J connectivity index is 1.62. The number of nitro benzene ring substituents is 1. The van der Waals surface area contributed by atoms with E-state index < -0.39 is 16.9 Å². The highest BCUT2D eigenvalue weighted by atomic mass is 35.5. The molecule has 3 rings (SSSR count). The van der Waals surface area contributed by atoms with Crippen LogP contribution < -0.4 is 15.4 Å². The molecule has 0 aliphatic heterocycles. The second-order valence-corrected chi connectivity index (χ2v) is 6.98. The van der Waals surface area contributed by atoms with Crippen molar-refractivity contribution in [3.63, 3.8) is 0 Å². The molecule has 0 fully saturated rings. The standard InChI is InChI=1S/C22H18ClN3O5/c1-14(31-20-10-8-19(9-11-20)26(29)30)21(27)24-17-6-2-4-15(12-17)22(28)25-18-7-3-5-16(23)13-18/h2-14H,1H3,(H,24,27)(H,25,28). The molecule has 0 radical (unpaired) electrons. The van der Waals surface area contributed by atoms with Gasteiger partial charge in [-0.15, -0.1) is 0 Å². The number of carbonyl (C=O) groups is 2. The Morgan fingerprint density at radius 2 is 1.61 bits per heavy atom. The predicted molar refractivity (Wildman–Crippen MR) is 118 cm³/mol. The first-order chi connectivity index (χ1) is 14.8. The number of halogens is 1. The van der Waals surface area contributed by atoms with Crippen molar-refractivity contribution in [2.75, 3.05) is 10.6 Å². The van der Waals surface area contributed by atoms with Gasteiger partial charge < -0.3 is 15.4 Å². The summed E-state index contributed by atoms with van der Waals surface area (Å²) in [5.41, 5.74) is 1.25. The Labute approximate surface area is 182 Å². The molecule has 3 aromatic rings. The molecule has 0 heterocycles. The second-order valence-electron chi connectivity index (χ2n) is 6.55. The van der Waals surface area contributed by atoms with Gasteiger partial charge in [0.25, 0.3) is 17.5 Å². The summed E-state index contributed by atoms with van der Waals surface area (Å²) in [5, 5.41) is 16.6. The quantitative estimate of drug-likeness (QED) is 0.401. The normalized spacial score (nSPS) is 11.3. The van der Waals surface area contributed by atoms with Crippen LogP contribution in [0, 0.1) is 10.1 Å². The van der Waals surface area contributed by atoms with Crippen molar-refractivity contribution in [1.29, 1.82) is 0 Å². The average Bonchev–Trinajstić information content (AvgIpc) is 2.74. The zero-order chi connectivity index (χ0) is 22.4. The van der Waals surface area contributed by atoms with Gasteiger partial charge in [-0.2, -0.15) is 0 Å². The van der Waals surface area contributed by atoms with Crippen LogP contribution in [0.25, 0.3) is 0 Å². The lowest BCUT2D eigenvalue weighted by atomic mass is 10.1. The molecule has 0 aliphatic carbocycles. The molecular weight excluding hydrogens is 422 g/mol. The molecule has 0 spiro atoms. The van der Waals surface area contributed by atoms with Crippen molar-refractivity contribution in [3.8, 4) is 5.75 Å². The third-order valence-electron chi connectivity index (χ3n) is 4.20. The first-order valence-electron chi connectivity index (χ1n) is 9.21. The Hall–Kier alpha value is -3.91. The van der Waals surface area contributed by atoms with Crippen LogP contribution in [0.2, 0.25) is 5.02 Å². The van der Waals surface area contributed by atoms with E-state index in [-0.39, 0.29) is 11.6 Å². The summed E-state index contributed by atoms with van der Waals surface area (Å²) in [4.78, 5) is 35.1. The number of rotatable bonds is 7. The zero-order valence-electron chi connectivity index (χ0n) is 16.4. The van der Waals surface area contributed by atoms with E-state index in [1.165, 1.54) is 30.3 Å². The number of hydrogen-bond donors (Lipinski definition) is 2. The Morgan fingerprint density at radius 1 is 0.968 bits per heavy atom. The number of carbonyl (C=O) groups excluding carboxylic acids is 2. The van der Waals surface area contributed by atoms with Gasteiger partial charge in [-0.25, -0.2) is 0 Å². The van der Waals surface area contributed by atoms with E-state index in [1.807, 2.05) is 0 Å². The van der Waals surface area contributed by atoms with Gasteiger partial charge in [0.1, 0.15) is 5.75 Å². The van der Waals surface area contributed by atoms with Gasteiger partial charge in [0.2, 0.25) is 0 Å². The number of hydrogen-bond acceptors (Lipinski definition) is 5. The summed E-state index contributed by atoms with van der Waals surface area (Å²) in [7, 11) is 0. The van der Waals surface area contributed by atoms with Crippen LogP contribution in [0.1, 0.15) is 17.3 Å². The van der Waals surface area contributed by atoms with Gasteiger partial charge in [-0.05, 0) is 55.5 Å². The van der Waals surface area contributed by atoms with Crippen molar-refractivity contribution >= 4 is 40.5 Å². The largest absolute Gasteiger partial charge is 0.481 e. The zero-order valence-corrected chi connectivity index (χ0v) is 17.1. The number of ether oxygens (including phenoxy) is 1. The fourth-order valence-electron chi connectivity index (χ4n) is 2.66. The highest BCUT2D eigenvalue weighted by Gasteiger charge is 2.16. The van der Waals surface area contributed by atoms with E-state index >= 15 is 0 Å². The van der Waals surface area contributed by atoms with Gasteiger partial charge >= 0.3 is 0 Å². The minimum absolute atomic E-state index is 0.0719. The summed E-state index contributed by atoms with van der Waals surface area (Å²) in [6, 6.07) is 18.6. The maximum atomic E-state index is 12.5. The first kappa shape index (κ1) is 21.8. The van der Waals surface area contributed by atoms with Crippen LogP contribution >= 0.6 is 11.6 Å². The van der Waals surface area contributed by atoms with Crippen LogP contribution in [0.3, 0.4) is 0 Å². The van der Waals surface area contributed by atoms with E-state index in [1.54, 1.807) is 49.4 Å². The minimum Gasteiger partial charge on any atom is -0.481 e. The molecule has 0 saturated heterocycles. The van der Waals surface area contributed by atoms with Crippen molar-refractivity contribution in [2.45, 2.75) is 13.0 Å². The van der Waals surface area contributed by atoms with E-state index in [9.17, 15) is 19.7 Å². The number of nitrogens with zero attached hydrogens (tertiary/aromatic N) is 1. The van der Waals surface area contributed by atoms with E-state index in [4.69, 9.17) is 16.3 Å². The number of non-ortho nitro benzene ring substituents is 1.